The van der Waals surface area contributed by atoms with Gasteiger partial charge in [-0.25, -0.2) is 0 Å². The molecule has 278 valence electrons. The zero-order chi connectivity index (χ0) is 39.0. The van der Waals surface area contributed by atoms with Crippen molar-refractivity contribution >= 4 is 44.8 Å². The molecule has 1 atom stereocenters. The van der Waals surface area contributed by atoms with Crippen molar-refractivity contribution in [2.24, 2.45) is 0 Å². The van der Waals surface area contributed by atoms with Gasteiger partial charge < -0.3 is 9.47 Å². The lowest BCUT2D eigenvalue weighted by molar-refractivity contribution is 0.660. The fourth-order valence-electron chi connectivity index (χ4n) is 9.96. The summed E-state index contributed by atoms with van der Waals surface area (Å²) >= 11 is 0. The third-order valence-electron chi connectivity index (χ3n) is 12.8. The van der Waals surface area contributed by atoms with Gasteiger partial charge in [0.05, 0.1) is 11.2 Å². The van der Waals surface area contributed by atoms with E-state index in [4.69, 9.17) is 0 Å². The smallest absolute Gasteiger partial charge is 0.0540 e. The molecule has 2 aliphatic rings. The second-order valence-corrected chi connectivity index (χ2v) is 16.6. The average Bonchev–Trinajstić information content (AvgIpc) is 3.73. The SMILES string of the molecule is CC1CC=Cc2c1n(-c1ccccc1)c1ccc(-c3ccc(N(c4cccc(-c5ccccc5)c4)c4ccc5c(c4)C(C)(C)c4ccccc4-5)c4ccccc34)cc21. The first-order valence-corrected chi connectivity index (χ1v) is 20.6. The lowest BCUT2D eigenvalue weighted by Gasteiger charge is -2.30. The van der Waals surface area contributed by atoms with Crippen LogP contribution >= 0.6 is 0 Å². The molecule has 8 aromatic carbocycles. The number of anilines is 3. The highest BCUT2D eigenvalue weighted by molar-refractivity contribution is 6.08. The van der Waals surface area contributed by atoms with Crippen LogP contribution in [0, 0.1) is 0 Å². The molecule has 1 aromatic heterocycles. The third-order valence-corrected chi connectivity index (χ3v) is 12.8. The molecule has 0 saturated heterocycles. The predicted octanol–water partition coefficient (Wildman–Crippen LogP) is 15.4. The summed E-state index contributed by atoms with van der Waals surface area (Å²) in [6.45, 7) is 7.09. The van der Waals surface area contributed by atoms with Crippen molar-refractivity contribution in [2.75, 3.05) is 4.90 Å². The van der Waals surface area contributed by atoms with E-state index in [2.05, 4.69) is 224 Å². The van der Waals surface area contributed by atoms with Crippen LogP contribution in [0.2, 0.25) is 0 Å². The van der Waals surface area contributed by atoms with Crippen molar-refractivity contribution in [1.82, 2.24) is 4.57 Å². The third kappa shape index (κ3) is 5.32. The van der Waals surface area contributed by atoms with Crippen LogP contribution in [0.25, 0.3) is 66.8 Å². The first kappa shape index (κ1) is 34.4. The van der Waals surface area contributed by atoms with E-state index in [-0.39, 0.29) is 5.41 Å². The minimum Gasteiger partial charge on any atom is -0.313 e. The predicted molar refractivity (Wildman–Crippen MR) is 246 cm³/mol. The van der Waals surface area contributed by atoms with E-state index in [1.54, 1.807) is 0 Å². The molecule has 0 amide bonds. The first-order valence-electron chi connectivity index (χ1n) is 20.6. The Balaban J connectivity index is 1.11. The molecule has 0 N–H and O–H groups in total. The largest absolute Gasteiger partial charge is 0.313 e. The number of allylic oxidation sites excluding steroid dienone is 1. The van der Waals surface area contributed by atoms with Crippen LogP contribution in [-0.4, -0.2) is 4.57 Å². The fraction of sp³-hybridized carbons (Fsp3) is 0.107. The van der Waals surface area contributed by atoms with Gasteiger partial charge in [0, 0.05) is 50.4 Å². The van der Waals surface area contributed by atoms with Gasteiger partial charge in [0.1, 0.15) is 0 Å². The number of para-hydroxylation sites is 1. The van der Waals surface area contributed by atoms with Gasteiger partial charge in [-0.2, -0.15) is 0 Å². The number of aromatic nitrogens is 1. The quantitative estimate of drug-likeness (QED) is 0.165. The minimum atomic E-state index is -0.115. The van der Waals surface area contributed by atoms with Gasteiger partial charge in [-0.15, -0.1) is 0 Å². The van der Waals surface area contributed by atoms with E-state index < -0.39 is 0 Å². The van der Waals surface area contributed by atoms with Crippen molar-refractivity contribution < 1.29 is 0 Å². The zero-order valence-electron chi connectivity index (χ0n) is 33.2. The highest BCUT2D eigenvalue weighted by atomic mass is 15.1. The highest BCUT2D eigenvalue weighted by Crippen LogP contribution is 2.52. The molecule has 9 aromatic rings. The van der Waals surface area contributed by atoms with Gasteiger partial charge in [0.25, 0.3) is 0 Å². The van der Waals surface area contributed by atoms with Crippen LogP contribution in [0.5, 0.6) is 0 Å². The maximum Gasteiger partial charge on any atom is 0.0540 e. The van der Waals surface area contributed by atoms with E-state index in [1.807, 2.05) is 0 Å². The van der Waals surface area contributed by atoms with Gasteiger partial charge in [-0.3, -0.25) is 0 Å². The Morgan fingerprint density at radius 1 is 0.517 bits per heavy atom. The van der Waals surface area contributed by atoms with Crippen LogP contribution in [0.4, 0.5) is 17.1 Å². The van der Waals surface area contributed by atoms with Crippen molar-refractivity contribution in [1.29, 1.82) is 0 Å². The van der Waals surface area contributed by atoms with Crippen LogP contribution in [0.1, 0.15) is 55.5 Å². The second kappa shape index (κ2) is 13.4. The molecule has 0 aliphatic heterocycles. The molecule has 2 heteroatoms. The summed E-state index contributed by atoms with van der Waals surface area (Å²) in [5, 5.41) is 3.75. The molecule has 11 rings (SSSR count). The molecule has 2 aliphatic carbocycles. The second-order valence-electron chi connectivity index (χ2n) is 16.6. The Kier molecular flexibility index (Phi) is 7.91. The summed E-state index contributed by atoms with van der Waals surface area (Å²) < 4.78 is 2.49. The van der Waals surface area contributed by atoms with E-state index in [9.17, 15) is 0 Å². The Morgan fingerprint density at radius 3 is 2.05 bits per heavy atom. The molecule has 2 nitrogen and oxygen atoms in total. The van der Waals surface area contributed by atoms with Crippen molar-refractivity contribution in [3.8, 4) is 39.1 Å². The highest BCUT2D eigenvalue weighted by Gasteiger charge is 2.36. The van der Waals surface area contributed by atoms with E-state index in [1.165, 1.54) is 83.1 Å². The number of hydrogen-bond donors (Lipinski definition) is 0. The molecule has 58 heavy (non-hydrogen) atoms. The summed E-state index contributed by atoms with van der Waals surface area (Å²) in [6.07, 6.45) is 5.74. The van der Waals surface area contributed by atoms with Gasteiger partial charge in [-0.1, -0.05) is 160 Å². The maximum atomic E-state index is 2.49. The van der Waals surface area contributed by atoms with Gasteiger partial charge in [-0.05, 0) is 111 Å². The lowest BCUT2D eigenvalue weighted by atomic mass is 9.82. The number of fused-ring (bicyclic) bond motifs is 7. The van der Waals surface area contributed by atoms with Crippen LogP contribution < -0.4 is 4.90 Å². The Hall–Kier alpha value is -6.90. The summed E-state index contributed by atoms with van der Waals surface area (Å²) in [5.74, 6) is 0.432. The van der Waals surface area contributed by atoms with Crippen LogP contribution in [0.3, 0.4) is 0 Å². The van der Waals surface area contributed by atoms with Crippen molar-refractivity contribution in [3.05, 3.63) is 210 Å². The number of hydrogen-bond acceptors (Lipinski definition) is 1. The maximum absolute atomic E-state index is 2.49. The van der Waals surface area contributed by atoms with Crippen LogP contribution in [0.15, 0.2) is 188 Å². The molecular weight excluding hydrogens is 701 g/mol. The normalized spacial score (nSPS) is 15.0. The van der Waals surface area contributed by atoms with E-state index in [0.717, 1.165) is 23.5 Å². The standard InChI is InChI=1S/C56H44N2/c1-37-16-14-26-49-50-35-40(28-32-54(50)58(55(37)49)41-20-8-5-9-21-41)44-31-33-53(48-25-11-10-23-45(44)48)57(42-22-15-19-39(34-42)38-17-6-4-7-18-38)43-29-30-47-46-24-12-13-27-51(46)56(2,3)52(47)36-43/h4-15,17-37H,16H2,1-3H3. The van der Waals surface area contributed by atoms with E-state index in [0.29, 0.717) is 5.92 Å². The molecule has 0 saturated carbocycles. The van der Waals surface area contributed by atoms with Gasteiger partial charge >= 0.3 is 0 Å². The number of benzene rings is 8. The van der Waals surface area contributed by atoms with Gasteiger partial charge in [0.15, 0.2) is 0 Å². The Labute approximate surface area is 341 Å². The minimum absolute atomic E-state index is 0.115. The zero-order valence-corrected chi connectivity index (χ0v) is 33.2. The van der Waals surface area contributed by atoms with Crippen molar-refractivity contribution in [3.63, 3.8) is 0 Å². The van der Waals surface area contributed by atoms with Gasteiger partial charge in [0.2, 0.25) is 0 Å². The van der Waals surface area contributed by atoms with Crippen molar-refractivity contribution in [2.45, 2.75) is 38.5 Å². The monoisotopic (exact) mass is 744 g/mol. The van der Waals surface area contributed by atoms with E-state index >= 15 is 0 Å². The Bertz CT molecular complexity index is 3070. The number of rotatable bonds is 6. The summed E-state index contributed by atoms with van der Waals surface area (Å²) in [5.41, 5.74) is 18.8. The molecule has 0 radical (unpaired) electrons. The first-order chi connectivity index (χ1) is 28.5. The van der Waals surface area contributed by atoms with Crippen LogP contribution in [-0.2, 0) is 5.41 Å². The molecule has 1 unspecified atom stereocenters. The summed E-state index contributed by atoms with van der Waals surface area (Å²) in [6, 6.07) is 67.3. The lowest BCUT2D eigenvalue weighted by Crippen LogP contribution is -2.16. The molecule has 0 fully saturated rings. The topological polar surface area (TPSA) is 8.17 Å². The average molecular weight is 745 g/mol. The molecular formula is C56H44N2. The number of nitrogens with zero attached hydrogens (tertiary/aromatic N) is 2. The fourth-order valence-corrected chi connectivity index (χ4v) is 9.96. The Morgan fingerprint density at radius 2 is 1.21 bits per heavy atom. The molecule has 0 spiro atoms. The molecule has 1 heterocycles. The summed E-state index contributed by atoms with van der Waals surface area (Å²) in [4.78, 5) is 2.48. The summed E-state index contributed by atoms with van der Waals surface area (Å²) in [7, 11) is 0. The molecule has 0 bridgehead atoms.